The molecule has 0 atom stereocenters. The Bertz CT molecular complexity index is 194. The summed E-state index contributed by atoms with van der Waals surface area (Å²) in [5.74, 6) is 0.991. The highest BCUT2D eigenvalue weighted by molar-refractivity contribution is 9.47. The lowest BCUT2D eigenvalue weighted by Crippen LogP contribution is -2.14. The van der Waals surface area contributed by atoms with Crippen LogP contribution in [0, 0.1) is 5.92 Å². The fraction of sp³-hybridized carbons (Fsp3) is 1.00. The van der Waals surface area contributed by atoms with Crippen molar-refractivity contribution < 1.29 is 8.42 Å². The molecule has 0 N–H and O–H groups in total. The predicted molar refractivity (Wildman–Crippen MR) is 44.7 cm³/mol. The Kier molecular flexibility index (Phi) is 2.74. The van der Waals surface area contributed by atoms with Gasteiger partial charge in [-0.15, -0.1) is 0 Å². The highest BCUT2D eigenvalue weighted by Crippen LogP contribution is 2.30. The van der Waals surface area contributed by atoms with Crippen molar-refractivity contribution in [3.63, 3.8) is 0 Å². The molecule has 1 aliphatic rings. The van der Waals surface area contributed by atoms with Crippen LogP contribution in [-0.4, -0.2) is 14.2 Å². The van der Waals surface area contributed by atoms with Crippen molar-refractivity contribution in [2.75, 3.05) is 5.75 Å². The van der Waals surface area contributed by atoms with Gasteiger partial charge in [-0.1, -0.05) is 19.3 Å². The molecule has 60 valence electrons. The van der Waals surface area contributed by atoms with Crippen molar-refractivity contribution >= 4 is 23.1 Å². The maximum absolute atomic E-state index is 10.6. The predicted octanol–water partition coefficient (Wildman–Crippen LogP) is 1.90. The summed E-state index contributed by atoms with van der Waals surface area (Å²) in [4.78, 5) is 0. The second kappa shape index (κ2) is 3.22. The number of halogens is 1. The Hall–Kier alpha value is 0.430. The molecular formula is C6H11BrO2S. The largest absolute Gasteiger partial charge is 0.217 e. The first-order chi connectivity index (χ1) is 4.58. The van der Waals surface area contributed by atoms with Crippen molar-refractivity contribution in [2.45, 2.75) is 25.7 Å². The van der Waals surface area contributed by atoms with Gasteiger partial charge in [0.25, 0.3) is 0 Å². The molecule has 4 heteroatoms. The zero-order valence-electron chi connectivity index (χ0n) is 5.72. The minimum absolute atomic E-state index is 0.303. The van der Waals surface area contributed by atoms with Crippen LogP contribution in [0.2, 0.25) is 0 Å². The first-order valence-corrected chi connectivity index (χ1v) is 7.00. The lowest BCUT2D eigenvalue weighted by Gasteiger charge is -2.24. The van der Waals surface area contributed by atoms with Gasteiger partial charge in [0.15, 0.2) is 0 Å². The summed E-state index contributed by atoms with van der Waals surface area (Å²) < 4.78 is 21.2. The summed E-state index contributed by atoms with van der Waals surface area (Å²) in [5.41, 5.74) is 0. The molecule has 0 aromatic heterocycles. The lowest BCUT2D eigenvalue weighted by molar-refractivity contribution is 0.308. The molecule has 0 aromatic carbocycles. The SMILES string of the molecule is O=S(=O)(Br)CCC1CCC1. The van der Waals surface area contributed by atoms with Gasteiger partial charge in [-0.05, 0) is 12.3 Å². The van der Waals surface area contributed by atoms with Gasteiger partial charge in [0.05, 0.1) is 20.6 Å². The lowest BCUT2D eigenvalue weighted by atomic mass is 9.84. The molecule has 0 spiro atoms. The molecule has 1 aliphatic carbocycles. The van der Waals surface area contributed by atoms with E-state index in [2.05, 4.69) is 14.8 Å². The first-order valence-electron chi connectivity index (χ1n) is 3.50. The van der Waals surface area contributed by atoms with E-state index in [1.807, 2.05) is 0 Å². The van der Waals surface area contributed by atoms with Crippen LogP contribution in [0.5, 0.6) is 0 Å². The molecule has 0 bridgehead atoms. The van der Waals surface area contributed by atoms with E-state index in [4.69, 9.17) is 0 Å². The Morgan fingerprint density at radius 1 is 1.40 bits per heavy atom. The molecule has 0 heterocycles. The zero-order chi connectivity index (χ0) is 7.61. The van der Waals surface area contributed by atoms with Crippen LogP contribution in [0.25, 0.3) is 0 Å². The number of hydrogen-bond acceptors (Lipinski definition) is 2. The van der Waals surface area contributed by atoms with Gasteiger partial charge < -0.3 is 0 Å². The summed E-state index contributed by atoms with van der Waals surface area (Å²) in [5, 5.41) is 0. The average Bonchev–Trinajstić information content (AvgIpc) is 1.56. The number of hydrogen-bond donors (Lipinski definition) is 0. The van der Waals surface area contributed by atoms with Gasteiger partial charge >= 0.3 is 0 Å². The van der Waals surface area contributed by atoms with E-state index in [9.17, 15) is 8.42 Å². The van der Waals surface area contributed by atoms with E-state index in [1.54, 1.807) is 0 Å². The van der Waals surface area contributed by atoms with Gasteiger partial charge in [0.1, 0.15) is 0 Å². The van der Waals surface area contributed by atoms with Crippen LogP contribution < -0.4 is 0 Å². The minimum atomic E-state index is -2.88. The highest BCUT2D eigenvalue weighted by Gasteiger charge is 2.19. The first kappa shape index (κ1) is 8.53. The summed E-state index contributed by atoms with van der Waals surface area (Å²) in [6, 6.07) is 0. The van der Waals surface area contributed by atoms with Crippen molar-refractivity contribution in [2.24, 2.45) is 5.92 Å². The van der Waals surface area contributed by atoms with Gasteiger partial charge in [-0.2, -0.15) is 0 Å². The van der Waals surface area contributed by atoms with E-state index in [-0.39, 0.29) is 0 Å². The topological polar surface area (TPSA) is 34.1 Å². The fourth-order valence-electron chi connectivity index (χ4n) is 1.09. The molecule has 0 amide bonds. The van der Waals surface area contributed by atoms with Crippen LogP contribution >= 0.6 is 14.8 Å². The van der Waals surface area contributed by atoms with Gasteiger partial charge in [-0.3, -0.25) is 0 Å². The van der Waals surface area contributed by atoms with Crippen molar-refractivity contribution in [3.8, 4) is 0 Å². The summed E-state index contributed by atoms with van der Waals surface area (Å²) in [6.07, 6.45) is 4.58. The second-order valence-corrected chi connectivity index (χ2v) is 7.27. The van der Waals surface area contributed by atoms with Crippen molar-refractivity contribution in [1.29, 1.82) is 0 Å². The highest BCUT2D eigenvalue weighted by atomic mass is 79.9. The molecule has 1 rings (SSSR count). The fourth-order valence-corrected chi connectivity index (χ4v) is 2.26. The van der Waals surface area contributed by atoms with Gasteiger partial charge in [-0.25, -0.2) is 8.42 Å². The van der Waals surface area contributed by atoms with E-state index < -0.39 is 8.27 Å². The monoisotopic (exact) mass is 226 g/mol. The average molecular weight is 227 g/mol. The van der Waals surface area contributed by atoms with Crippen LogP contribution in [0.3, 0.4) is 0 Å². The van der Waals surface area contributed by atoms with Crippen LogP contribution in [0.15, 0.2) is 0 Å². The third-order valence-electron chi connectivity index (χ3n) is 1.99. The maximum atomic E-state index is 10.6. The molecule has 1 saturated carbocycles. The molecule has 1 fully saturated rings. The zero-order valence-corrected chi connectivity index (χ0v) is 8.12. The van der Waals surface area contributed by atoms with E-state index in [1.165, 1.54) is 19.3 Å². The standard InChI is InChI=1S/C6H11BrO2S/c7-10(8,9)5-4-6-2-1-3-6/h6H,1-5H2. The van der Waals surface area contributed by atoms with E-state index in [0.717, 1.165) is 6.42 Å². The third kappa shape index (κ3) is 3.01. The molecule has 2 nitrogen and oxygen atoms in total. The van der Waals surface area contributed by atoms with E-state index >= 15 is 0 Å². The smallest absolute Gasteiger partial charge is 0.209 e. The van der Waals surface area contributed by atoms with Crippen molar-refractivity contribution in [1.82, 2.24) is 0 Å². The molecule has 0 aromatic rings. The van der Waals surface area contributed by atoms with Crippen LogP contribution in [-0.2, 0) is 8.27 Å². The summed E-state index contributed by atoms with van der Waals surface area (Å²) in [7, 11) is -2.88. The molecular weight excluding hydrogens is 216 g/mol. The molecule has 0 radical (unpaired) electrons. The maximum Gasteiger partial charge on any atom is 0.209 e. The normalized spacial score (nSPS) is 20.5. The Morgan fingerprint density at radius 2 is 2.00 bits per heavy atom. The van der Waals surface area contributed by atoms with Crippen molar-refractivity contribution in [3.05, 3.63) is 0 Å². The molecule has 0 unspecified atom stereocenters. The Labute approximate surface area is 69.1 Å². The third-order valence-corrected chi connectivity index (χ3v) is 3.69. The van der Waals surface area contributed by atoms with Gasteiger partial charge in [0.2, 0.25) is 8.27 Å². The Balaban J connectivity index is 2.16. The molecule has 0 saturated heterocycles. The van der Waals surface area contributed by atoms with E-state index in [0.29, 0.717) is 11.7 Å². The minimum Gasteiger partial charge on any atom is -0.217 e. The van der Waals surface area contributed by atoms with Gasteiger partial charge in [0, 0.05) is 0 Å². The quantitative estimate of drug-likeness (QED) is 0.690. The Morgan fingerprint density at radius 3 is 2.30 bits per heavy atom. The summed E-state index contributed by atoms with van der Waals surface area (Å²) >= 11 is 2.63. The molecule has 0 aliphatic heterocycles. The van der Waals surface area contributed by atoms with Crippen LogP contribution in [0.1, 0.15) is 25.7 Å². The molecule has 10 heavy (non-hydrogen) atoms. The summed E-state index contributed by atoms with van der Waals surface area (Å²) in [6.45, 7) is 0. The second-order valence-electron chi connectivity index (χ2n) is 2.83. The van der Waals surface area contributed by atoms with Crippen LogP contribution in [0.4, 0.5) is 0 Å². The number of rotatable bonds is 3.